The van der Waals surface area contributed by atoms with Gasteiger partial charge in [0.1, 0.15) is 11.8 Å². The summed E-state index contributed by atoms with van der Waals surface area (Å²) in [5, 5.41) is 8.60. The number of rotatable bonds is 3. The lowest BCUT2D eigenvalue weighted by Gasteiger charge is -2.07. The second kappa shape index (κ2) is 4.57. The molecule has 0 fully saturated rings. The summed E-state index contributed by atoms with van der Waals surface area (Å²) >= 11 is 0. The van der Waals surface area contributed by atoms with Crippen LogP contribution < -0.4 is 5.73 Å². The highest BCUT2D eigenvalue weighted by Gasteiger charge is 2.20. The molecule has 0 unspecified atom stereocenters. The largest absolute Gasteiger partial charge is 0.325 e. The summed E-state index contributed by atoms with van der Waals surface area (Å²) in [5.74, 6) is 0. The van der Waals surface area contributed by atoms with Crippen molar-refractivity contribution in [1.82, 2.24) is 4.98 Å². The molecule has 0 spiro atoms. The molecule has 6 heteroatoms. The van der Waals surface area contributed by atoms with E-state index in [0.717, 1.165) is 6.07 Å². The van der Waals surface area contributed by atoms with E-state index in [-0.39, 0.29) is 24.1 Å². The van der Waals surface area contributed by atoms with E-state index in [9.17, 15) is 13.6 Å². The van der Waals surface area contributed by atoms with Crippen molar-refractivity contribution in [3.63, 3.8) is 0 Å². The van der Waals surface area contributed by atoms with Gasteiger partial charge in [0.25, 0.3) is 6.43 Å². The molecule has 78 valence electrons. The van der Waals surface area contributed by atoms with Crippen LogP contribution in [-0.4, -0.2) is 11.3 Å². The maximum atomic E-state index is 12.5. The summed E-state index contributed by atoms with van der Waals surface area (Å²) in [4.78, 5) is 14.2. The highest BCUT2D eigenvalue weighted by Crippen LogP contribution is 2.25. The molecule has 0 aliphatic carbocycles. The maximum absolute atomic E-state index is 12.5. The number of hydrogen-bond donors (Lipinski definition) is 1. The average molecular weight is 211 g/mol. The Kier molecular flexibility index (Phi) is 3.42. The van der Waals surface area contributed by atoms with E-state index in [1.165, 1.54) is 6.07 Å². The molecule has 1 heterocycles. The Labute approximate surface area is 84.3 Å². The summed E-state index contributed by atoms with van der Waals surface area (Å²) in [7, 11) is 0. The zero-order valence-electron chi connectivity index (χ0n) is 7.58. The molecule has 0 saturated heterocycles. The number of aldehydes is 1. The first-order chi connectivity index (χ1) is 7.13. The van der Waals surface area contributed by atoms with E-state index in [1.54, 1.807) is 0 Å². The van der Waals surface area contributed by atoms with Gasteiger partial charge in [-0.05, 0) is 6.07 Å². The lowest BCUT2D eigenvalue weighted by molar-refractivity contribution is 0.110. The standard InChI is InChI=1S/C9H7F2N3O/c10-9(11)8-5(4-15)1-6(2-12)14-7(8)3-13/h1,4,9H,2,12H2. The lowest BCUT2D eigenvalue weighted by atomic mass is 10.1. The van der Waals surface area contributed by atoms with Crippen LogP contribution in [0.4, 0.5) is 8.78 Å². The van der Waals surface area contributed by atoms with Gasteiger partial charge in [-0.1, -0.05) is 0 Å². The normalized spacial score (nSPS) is 10.1. The number of hydrogen-bond acceptors (Lipinski definition) is 4. The minimum atomic E-state index is -2.90. The third-order valence-corrected chi connectivity index (χ3v) is 1.80. The second-order valence-electron chi connectivity index (χ2n) is 2.70. The van der Waals surface area contributed by atoms with Crippen molar-refractivity contribution in [2.75, 3.05) is 0 Å². The van der Waals surface area contributed by atoms with Crippen LogP contribution >= 0.6 is 0 Å². The molecule has 1 aromatic rings. The van der Waals surface area contributed by atoms with Crippen LogP contribution in [0.25, 0.3) is 0 Å². The van der Waals surface area contributed by atoms with E-state index in [2.05, 4.69) is 4.98 Å². The monoisotopic (exact) mass is 211 g/mol. The third-order valence-electron chi connectivity index (χ3n) is 1.80. The second-order valence-corrected chi connectivity index (χ2v) is 2.70. The Bertz CT molecular complexity index is 426. The van der Waals surface area contributed by atoms with Gasteiger partial charge in [0.2, 0.25) is 0 Å². The van der Waals surface area contributed by atoms with Gasteiger partial charge in [0, 0.05) is 12.1 Å². The molecule has 0 aliphatic rings. The number of carbonyl (C=O) groups is 1. The third kappa shape index (κ3) is 2.14. The van der Waals surface area contributed by atoms with Gasteiger partial charge in [-0.25, -0.2) is 13.8 Å². The molecule has 1 rings (SSSR count). The van der Waals surface area contributed by atoms with Crippen LogP contribution in [0.5, 0.6) is 0 Å². The lowest BCUT2D eigenvalue weighted by Crippen LogP contribution is -2.07. The van der Waals surface area contributed by atoms with Crippen LogP contribution in [0.15, 0.2) is 6.07 Å². The first-order valence-electron chi connectivity index (χ1n) is 4.01. The van der Waals surface area contributed by atoms with Crippen molar-refractivity contribution in [3.8, 4) is 6.07 Å². The molecule has 0 aliphatic heterocycles. The van der Waals surface area contributed by atoms with E-state index in [1.807, 2.05) is 0 Å². The summed E-state index contributed by atoms with van der Waals surface area (Å²) in [5.41, 5.74) is 4.16. The van der Waals surface area contributed by atoms with Gasteiger partial charge in [0.15, 0.2) is 6.29 Å². The fourth-order valence-corrected chi connectivity index (χ4v) is 1.15. The Balaban J connectivity index is 3.48. The van der Waals surface area contributed by atoms with Crippen LogP contribution in [0.2, 0.25) is 0 Å². The SMILES string of the molecule is N#Cc1nc(CN)cc(C=O)c1C(F)F. The summed E-state index contributed by atoms with van der Waals surface area (Å²) in [6.45, 7) is -0.0148. The molecule has 4 nitrogen and oxygen atoms in total. The Morgan fingerprint density at radius 3 is 2.73 bits per heavy atom. The Hall–Kier alpha value is -1.87. The molecular formula is C9H7F2N3O. The predicted octanol–water partition coefficient (Wildman–Crippen LogP) is 1.16. The first-order valence-corrected chi connectivity index (χ1v) is 4.01. The van der Waals surface area contributed by atoms with Crippen molar-refractivity contribution in [2.45, 2.75) is 13.0 Å². The Morgan fingerprint density at radius 1 is 1.67 bits per heavy atom. The predicted molar refractivity (Wildman–Crippen MR) is 47.2 cm³/mol. The fraction of sp³-hybridized carbons (Fsp3) is 0.222. The zero-order valence-corrected chi connectivity index (χ0v) is 7.58. The van der Waals surface area contributed by atoms with E-state index in [0.29, 0.717) is 0 Å². The van der Waals surface area contributed by atoms with Crippen molar-refractivity contribution >= 4 is 6.29 Å². The van der Waals surface area contributed by atoms with Gasteiger partial charge in [-0.3, -0.25) is 4.79 Å². The molecule has 0 atom stereocenters. The molecular weight excluding hydrogens is 204 g/mol. The van der Waals surface area contributed by atoms with E-state index in [4.69, 9.17) is 11.0 Å². The van der Waals surface area contributed by atoms with Crippen molar-refractivity contribution in [1.29, 1.82) is 5.26 Å². The molecule has 0 saturated carbocycles. The van der Waals surface area contributed by atoms with Crippen molar-refractivity contribution < 1.29 is 13.6 Å². The molecule has 2 N–H and O–H groups in total. The smallest absolute Gasteiger partial charge is 0.267 e. The molecule has 0 amide bonds. The average Bonchev–Trinajstić information content (AvgIpc) is 2.26. The molecule has 0 bridgehead atoms. The van der Waals surface area contributed by atoms with E-state index >= 15 is 0 Å². The summed E-state index contributed by atoms with van der Waals surface area (Å²) in [6, 6.07) is 2.68. The topological polar surface area (TPSA) is 79.8 Å². The number of pyridine rings is 1. The first kappa shape index (κ1) is 11.2. The van der Waals surface area contributed by atoms with Crippen LogP contribution in [0.1, 0.15) is 33.7 Å². The van der Waals surface area contributed by atoms with Gasteiger partial charge in [0.05, 0.1) is 11.3 Å². The molecule has 0 radical (unpaired) electrons. The van der Waals surface area contributed by atoms with Crippen molar-refractivity contribution in [2.24, 2.45) is 5.73 Å². The zero-order chi connectivity index (χ0) is 11.4. The number of nitriles is 1. The fourth-order valence-electron chi connectivity index (χ4n) is 1.15. The van der Waals surface area contributed by atoms with Gasteiger partial charge >= 0.3 is 0 Å². The Morgan fingerprint density at radius 2 is 2.33 bits per heavy atom. The summed E-state index contributed by atoms with van der Waals surface area (Å²) in [6.07, 6.45) is -2.64. The quantitative estimate of drug-likeness (QED) is 0.761. The van der Waals surface area contributed by atoms with E-state index < -0.39 is 17.7 Å². The number of halogens is 2. The van der Waals surface area contributed by atoms with Gasteiger partial charge < -0.3 is 5.73 Å². The number of nitrogens with two attached hydrogens (primary N) is 1. The minimum Gasteiger partial charge on any atom is -0.325 e. The molecule has 0 aromatic carbocycles. The highest BCUT2D eigenvalue weighted by atomic mass is 19.3. The number of carbonyl (C=O) groups excluding carboxylic acids is 1. The number of alkyl halides is 2. The minimum absolute atomic E-state index is 0.0148. The highest BCUT2D eigenvalue weighted by molar-refractivity contribution is 5.78. The van der Waals surface area contributed by atoms with Crippen molar-refractivity contribution in [3.05, 3.63) is 28.6 Å². The van der Waals surface area contributed by atoms with Crippen LogP contribution in [0.3, 0.4) is 0 Å². The molecule has 1 aromatic heterocycles. The van der Waals surface area contributed by atoms with Gasteiger partial charge in [-0.2, -0.15) is 5.26 Å². The molecule has 15 heavy (non-hydrogen) atoms. The van der Waals surface area contributed by atoms with Gasteiger partial charge in [-0.15, -0.1) is 0 Å². The number of aromatic nitrogens is 1. The summed E-state index contributed by atoms with van der Waals surface area (Å²) < 4.78 is 25.0. The maximum Gasteiger partial charge on any atom is 0.267 e. The van der Waals surface area contributed by atoms with Crippen LogP contribution in [0, 0.1) is 11.3 Å². The van der Waals surface area contributed by atoms with Crippen LogP contribution in [-0.2, 0) is 6.54 Å². The number of nitrogens with zero attached hydrogens (tertiary/aromatic N) is 2.